The zero-order valence-corrected chi connectivity index (χ0v) is 19.0. The van der Waals surface area contributed by atoms with Gasteiger partial charge in [0.1, 0.15) is 22.5 Å². The third-order valence-electron chi connectivity index (χ3n) is 6.45. The average Bonchev–Trinajstić information content (AvgIpc) is 3.31. The highest BCUT2D eigenvalue weighted by molar-refractivity contribution is 7.16. The highest BCUT2D eigenvalue weighted by atomic mass is 32.1. The Labute approximate surface area is 198 Å². The van der Waals surface area contributed by atoms with Gasteiger partial charge in [0.15, 0.2) is 6.04 Å². The molecule has 3 heterocycles. The maximum Gasteiger partial charge on any atom is 0.410 e. The smallest absolute Gasteiger partial charge is 0.363 e. The van der Waals surface area contributed by atoms with E-state index in [2.05, 4.69) is 21.8 Å². The Morgan fingerprint density at radius 2 is 1.97 bits per heavy atom. The molecular weight excluding hydrogens is 463 g/mol. The molecule has 2 N–H and O–H groups in total. The van der Waals surface area contributed by atoms with Crippen molar-refractivity contribution in [2.24, 2.45) is 0 Å². The van der Waals surface area contributed by atoms with E-state index in [0.29, 0.717) is 16.1 Å². The summed E-state index contributed by atoms with van der Waals surface area (Å²) in [5.74, 6) is -0.562. The molecule has 1 aromatic carbocycles. The summed E-state index contributed by atoms with van der Waals surface area (Å²) >= 11 is 1.38. The molecule has 1 aliphatic carbocycles. The number of nitriles is 1. The standard InChI is InChI=1S/C24H22F3N5OS/c25-24(26,27)20-11-18(14-7-3-1-4-8-14)30-21-17(13-29-32(20)21)22(33)31-23-16(12-28)15-9-5-2-6-10-19(15)34-23/h1,3-4,7-8,13,18,20,30H,2,5-6,9-11H2,(H,31,33). The quantitative estimate of drug-likeness (QED) is 0.446. The van der Waals surface area contributed by atoms with Gasteiger partial charge in [0.2, 0.25) is 0 Å². The average molecular weight is 486 g/mol. The zero-order chi connectivity index (χ0) is 23.9. The number of hydrogen-bond donors (Lipinski definition) is 2. The van der Waals surface area contributed by atoms with E-state index in [-0.39, 0.29) is 17.8 Å². The fourth-order valence-electron chi connectivity index (χ4n) is 4.75. The largest absolute Gasteiger partial charge is 0.410 e. The Balaban J connectivity index is 1.48. The Hall–Kier alpha value is -3.32. The number of anilines is 2. The van der Waals surface area contributed by atoms with Gasteiger partial charge in [-0.1, -0.05) is 36.8 Å². The maximum atomic E-state index is 13.9. The lowest BCUT2D eigenvalue weighted by atomic mass is 9.96. The minimum atomic E-state index is -4.52. The number of fused-ring (bicyclic) bond motifs is 2. The van der Waals surface area contributed by atoms with Crippen LogP contribution in [0.3, 0.4) is 0 Å². The number of carbonyl (C=O) groups is 1. The summed E-state index contributed by atoms with van der Waals surface area (Å²) in [7, 11) is 0. The molecule has 0 bridgehead atoms. The predicted octanol–water partition coefficient (Wildman–Crippen LogP) is 6.00. The Bertz CT molecular complexity index is 1260. The van der Waals surface area contributed by atoms with Crippen molar-refractivity contribution in [2.75, 3.05) is 10.6 Å². The summed E-state index contributed by atoms with van der Waals surface area (Å²) in [4.78, 5) is 14.3. The molecule has 6 nitrogen and oxygen atoms in total. The summed E-state index contributed by atoms with van der Waals surface area (Å²) in [6.45, 7) is 0. The first kappa shape index (κ1) is 22.5. The number of rotatable bonds is 3. The first-order valence-electron chi connectivity index (χ1n) is 11.2. The van der Waals surface area contributed by atoms with Crippen LogP contribution in [-0.2, 0) is 12.8 Å². The summed E-state index contributed by atoms with van der Waals surface area (Å²) in [5.41, 5.74) is 2.16. The van der Waals surface area contributed by atoms with Gasteiger partial charge in [0, 0.05) is 11.3 Å². The highest BCUT2D eigenvalue weighted by Gasteiger charge is 2.47. The van der Waals surface area contributed by atoms with Crippen molar-refractivity contribution in [1.82, 2.24) is 9.78 Å². The lowest BCUT2D eigenvalue weighted by Crippen LogP contribution is -2.36. The number of aromatic nitrogens is 2. The molecule has 3 aromatic rings. The van der Waals surface area contributed by atoms with Gasteiger partial charge in [-0.25, -0.2) is 4.68 Å². The summed E-state index contributed by atoms with van der Waals surface area (Å²) in [6, 6.07) is 8.57. The third kappa shape index (κ3) is 4.05. The van der Waals surface area contributed by atoms with Crippen LogP contribution >= 0.6 is 11.3 Å². The van der Waals surface area contributed by atoms with Crippen molar-refractivity contribution in [3.8, 4) is 6.07 Å². The summed E-state index contributed by atoms with van der Waals surface area (Å²) < 4.78 is 42.6. The number of nitrogens with one attached hydrogen (secondary N) is 2. The normalized spacial score (nSPS) is 19.8. The molecule has 2 unspecified atom stereocenters. The third-order valence-corrected chi connectivity index (χ3v) is 7.65. The number of nitrogens with zero attached hydrogens (tertiary/aromatic N) is 3. The van der Waals surface area contributed by atoms with Gasteiger partial charge in [0.05, 0.1) is 17.8 Å². The van der Waals surface area contributed by atoms with E-state index >= 15 is 0 Å². The van der Waals surface area contributed by atoms with Crippen LogP contribution in [0.4, 0.5) is 24.0 Å². The van der Waals surface area contributed by atoms with Gasteiger partial charge < -0.3 is 10.6 Å². The van der Waals surface area contributed by atoms with E-state index in [0.717, 1.165) is 53.4 Å². The van der Waals surface area contributed by atoms with Crippen LogP contribution in [-0.4, -0.2) is 21.9 Å². The second-order valence-corrected chi connectivity index (χ2v) is 9.69. The zero-order valence-electron chi connectivity index (χ0n) is 18.2. The molecule has 0 radical (unpaired) electrons. The predicted molar refractivity (Wildman–Crippen MR) is 123 cm³/mol. The van der Waals surface area contributed by atoms with Crippen LogP contribution < -0.4 is 10.6 Å². The van der Waals surface area contributed by atoms with E-state index in [1.54, 1.807) is 30.3 Å². The fraction of sp³-hybridized carbons (Fsp3) is 0.375. The lowest BCUT2D eigenvalue weighted by molar-refractivity contribution is -0.173. The van der Waals surface area contributed by atoms with Crippen LogP contribution in [0.1, 0.15) is 69.7 Å². The fourth-order valence-corrected chi connectivity index (χ4v) is 5.99. The molecule has 2 atom stereocenters. The molecule has 2 aromatic heterocycles. The van der Waals surface area contributed by atoms with Crippen molar-refractivity contribution >= 4 is 28.1 Å². The Kier molecular flexibility index (Phi) is 5.81. The van der Waals surface area contributed by atoms with Crippen LogP contribution in [0.15, 0.2) is 36.5 Å². The van der Waals surface area contributed by atoms with Crippen LogP contribution in [0, 0.1) is 11.3 Å². The van der Waals surface area contributed by atoms with Crippen LogP contribution in [0.2, 0.25) is 0 Å². The number of thiophene rings is 1. The monoisotopic (exact) mass is 485 g/mol. The molecule has 1 amide bonds. The molecule has 34 heavy (non-hydrogen) atoms. The number of amides is 1. The highest BCUT2D eigenvalue weighted by Crippen LogP contribution is 2.44. The SMILES string of the molecule is N#Cc1c(NC(=O)c2cnn3c2NC(c2ccccc2)CC3C(F)(F)F)sc2c1CCCCC2. The lowest BCUT2D eigenvalue weighted by Gasteiger charge is -2.34. The van der Waals surface area contributed by atoms with Crippen molar-refractivity contribution in [1.29, 1.82) is 5.26 Å². The molecule has 0 saturated carbocycles. The topological polar surface area (TPSA) is 82.7 Å². The number of hydrogen-bond acceptors (Lipinski definition) is 5. The molecule has 0 spiro atoms. The van der Waals surface area contributed by atoms with Gasteiger partial charge in [-0.3, -0.25) is 4.79 Å². The number of benzene rings is 1. The Morgan fingerprint density at radius 1 is 1.21 bits per heavy atom. The second-order valence-electron chi connectivity index (χ2n) is 8.59. The molecule has 10 heteroatoms. The van der Waals surface area contributed by atoms with Crippen LogP contribution in [0.25, 0.3) is 0 Å². The molecule has 2 aliphatic rings. The molecule has 0 fully saturated rings. The van der Waals surface area contributed by atoms with Crippen molar-refractivity contribution in [3.05, 3.63) is 63.7 Å². The molecule has 176 valence electrons. The van der Waals surface area contributed by atoms with E-state index in [9.17, 15) is 23.2 Å². The van der Waals surface area contributed by atoms with Gasteiger partial charge >= 0.3 is 6.18 Å². The van der Waals surface area contributed by atoms with Crippen molar-refractivity contribution in [2.45, 2.75) is 56.8 Å². The summed E-state index contributed by atoms with van der Waals surface area (Å²) in [6.07, 6.45) is 1.18. The van der Waals surface area contributed by atoms with E-state index in [4.69, 9.17) is 0 Å². The van der Waals surface area contributed by atoms with Crippen molar-refractivity contribution < 1.29 is 18.0 Å². The van der Waals surface area contributed by atoms with E-state index in [1.807, 2.05) is 0 Å². The van der Waals surface area contributed by atoms with E-state index < -0.39 is 24.2 Å². The molecule has 5 rings (SSSR count). The summed E-state index contributed by atoms with van der Waals surface area (Å²) in [5, 5.41) is 20.0. The minimum absolute atomic E-state index is 0.0161. The molecule has 0 saturated heterocycles. The Morgan fingerprint density at radius 3 is 2.71 bits per heavy atom. The van der Waals surface area contributed by atoms with Gasteiger partial charge in [-0.05, 0) is 36.8 Å². The second kappa shape index (κ2) is 8.80. The maximum absolute atomic E-state index is 13.9. The number of halogens is 3. The van der Waals surface area contributed by atoms with Gasteiger partial charge in [-0.2, -0.15) is 23.5 Å². The molecule has 1 aliphatic heterocycles. The first-order valence-corrected chi connectivity index (χ1v) is 12.0. The van der Waals surface area contributed by atoms with Gasteiger partial charge in [0.25, 0.3) is 5.91 Å². The minimum Gasteiger partial charge on any atom is -0.363 e. The number of carbonyl (C=O) groups excluding carboxylic acids is 1. The first-order chi connectivity index (χ1) is 16.4. The van der Waals surface area contributed by atoms with Crippen LogP contribution in [0.5, 0.6) is 0 Å². The van der Waals surface area contributed by atoms with Gasteiger partial charge in [-0.15, -0.1) is 11.3 Å². The van der Waals surface area contributed by atoms with E-state index in [1.165, 1.54) is 11.3 Å². The van der Waals surface area contributed by atoms with Crippen molar-refractivity contribution in [3.63, 3.8) is 0 Å². The number of alkyl halides is 3. The molecular formula is C24H22F3N5OS. The number of aryl methyl sites for hydroxylation is 1.